The maximum Gasteiger partial charge on any atom is 0.408 e. The summed E-state index contributed by atoms with van der Waals surface area (Å²) in [6.45, 7) is 12.3. The van der Waals surface area contributed by atoms with E-state index in [2.05, 4.69) is 5.32 Å². The molecule has 5 N–H and O–H groups in total. The summed E-state index contributed by atoms with van der Waals surface area (Å²) in [5.41, 5.74) is -7.38. The molecule has 4 aliphatic rings. The van der Waals surface area contributed by atoms with E-state index in [4.69, 9.17) is 23.7 Å². The molecule has 2 aromatic carbocycles. The van der Waals surface area contributed by atoms with Crippen LogP contribution in [0.25, 0.3) is 0 Å². The number of nitrogens with one attached hydrogen (secondary N) is 1. The smallest absolute Gasteiger partial charge is 0.408 e. The monoisotopic (exact) mass is 864 g/mol. The molecule has 1 amide bonds. The minimum Gasteiger partial charge on any atom is -0.456 e. The molecule has 3 aliphatic carbocycles. The van der Waals surface area contributed by atoms with Crippen molar-refractivity contribution < 1.29 is 68.1 Å². The highest BCUT2D eigenvalue weighted by Crippen LogP contribution is 2.64. The third-order valence-corrected chi connectivity index (χ3v) is 13.2. The zero-order chi connectivity index (χ0) is 45.9. The van der Waals surface area contributed by atoms with Crippen LogP contribution in [-0.4, -0.2) is 129 Å². The lowest BCUT2D eigenvalue weighted by atomic mass is 9.44. The minimum atomic E-state index is -2.37. The van der Waals surface area contributed by atoms with E-state index in [-0.39, 0.29) is 29.7 Å². The molecule has 1 heterocycles. The van der Waals surface area contributed by atoms with Gasteiger partial charge in [0.15, 0.2) is 17.5 Å². The molecule has 0 aromatic heterocycles. The maximum absolute atomic E-state index is 15.0. The predicted molar refractivity (Wildman–Crippen MR) is 221 cm³/mol. The van der Waals surface area contributed by atoms with Gasteiger partial charge in [-0.25, -0.2) is 14.4 Å². The van der Waals surface area contributed by atoms with Gasteiger partial charge in [-0.15, -0.1) is 0 Å². The van der Waals surface area contributed by atoms with Crippen LogP contribution in [0.2, 0.25) is 0 Å². The van der Waals surface area contributed by atoms with Crippen molar-refractivity contribution in [3.63, 3.8) is 0 Å². The number of esters is 3. The van der Waals surface area contributed by atoms with E-state index in [0.717, 1.165) is 12.5 Å². The second kappa shape index (κ2) is 16.8. The lowest BCUT2D eigenvalue weighted by molar-refractivity contribution is -0.346. The molecule has 11 atom stereocenters. The summed E-state index contributed by atoms with van der Waals surface area (Å²) in [4.78, 5) is 71.6. The number of aliphatic hydroxyl groups excluding tert-OH is 3. The highest BCUT2D eigenvalue weighted by Gasteiger charge is 2.78. The average molecular weight is 865 g/mol. The summed E-state index contributed by atoms with van der Waals surface area (Å²) in [7, 11) is 3.74. The SMILES string of the molecule is CC(=O)O[C@@]12CO[C@@H]1C[C@H](O)[C@@]1(C)C(=O)[C@H](O)C3=C(C)[C@@H](OC(=O)[C@H](O)[C@@H](NC(=O)OC(C)(C)C)c4cccc(CN(C)C)c4)C[C@@](O)([C@@H](OC(=O)c4ccccc4)[C@H]21)C3(C)C. The summed E-state index contributed by atoms with van der Waals surface area (Å²) < 4.78 is 29.8. The molecule has 0 radical (unpaired) electrons. The molecule has 2 bridgehead atoms. The van der Waals surface area contributed by atoms with Crippen LogP contribution in [0.1, 0.15) is 95.8 Å². The van der Waals surface area contributed by atoms with Gasteiger partial charge in [0.1, 0.15) is 35.6 Å². The van der Waals surface area contributed by atoms with Gasteiger partial charge in [0.05, 0.1) is 35.6 Å². The molecule has 62 heavy (non-hydrogen) atoms. The minimum absolute atomic E-state index is 0.0653. The molecule has 2 saturated carbocycles. The van der Waals surface area contributed by atoms with Crippen LogP contribution in [-0.2, 0) is 44.6 Å². The molecule has 16 nitrogen and oxygen atoms in total. The Hall–Kier alpha value is -4.71. The zero-order valence-electron chi connectivity index (χ0n) is 37.0. The van der Waals surface area contributed by atoms with Gasteiger partial charge in [-0.05, 0) is 83.1 Å². The number of hydrogen-bond acceptors (Lipinski definition) is 15. The molecule has 2 aromatic rings. The topological polar surface area (TPSA) is 228 Å². The third-order valence-electron chi connectivity index (χ3n) is 13.2. The molecule has 0 spiro atoms. The molecular weight excluding hydrogens is 805 g/mol. The second-order valence-electron chi connectivity index (χ2n) is 19.1. The molecule has 16 heteroatoms. The fraction of sp³-hybridized carbons (Fsp3) is 0.587. The highest BCUT2D eigenvalue weighted by molar-refractivity contribution is 5.94. The number of carbonyl (C=O) groups is 5. The first kappa shape index (κ1) is 46.8. The summed E-state index contributed by atoms with van der Waals surface area (Å²) >= 11 is 0. The number of ether oxygens (including phenoxy) is 5. The first-order valence-corrected chi connectivity index (χ1v) is 20.8. The van der Waals surface area contributed by atoms with Gasteiger partial charge < -0.3 is 54.3 Å². The van der Waals surface area contributed by atoms with Crippen LogP contribution in [0.15, 0.2) is 65.7 Å². The van der Waals surface area contributed by atoms with Gasteiger partial charge in [0.2, 0.25) is 0 Å². The molecule has 0 unspecified atom stereocenters. The van der Waals surface area contributed by atoms with E-state index in [1.165, 1.54) is 26.0 Å². The number of rotatable bonds is 10. The third kappa shape index (κ3) is 8.16. The van der Waals surface area contributed by atoms with Crippen LogP contribution in [0.3, 0.4) is 0 Å². The number of benzene rings is 2. The van der Waals surface area contributed by atoms with E-state index < -0.39 is 112 Å². The maximum atomic E-state index is 15.0. The van der Waals surface area contributed by atoms with Crippen molar-refractivity contribution in [2.24, 2.45) is 16.7 Å². The van der Waals surface area contributed by atoms with E-state index >= 15 is 4.79 Å². The van der Waals surface area contributed by atoms with Gasteiger partial charge in [-0.3, -0.25) is 9.59 Å². The summed E-state index contributed by atoms with van der Waals surface area (Å²) in [5, 5.41) is 52.1. The van der Waals surface area contributed by atoms with Crippen molar-refractivity contribution in [3.8, 4) is 0 Å². The number of hydrogen-bond donors (Lipinski definition) is 5. The normalized spacial score (nSPS) is 32.4. The zero-order valence-corrected chi connectivity index (χ0v) is 37.0. The van der Waals surface area contributed by atoms with Crippen molar-refractivity contribution in [1.29, 1.82) is 0 Å². The van der Waals surface area contributed by atoms with Gasteiger partial charge in [0, 0.05) is 31.7 Å². The summed E-state index contributed by atoms with van der Waals surface area (Å²) in [6, 6.07) is 13.4. The summed E-state index contributed by atoms with van der Waals surface area (Å²) in [6.07, 6.45) is -11.6. The van der Waals surface area contributed by atoms with Crippen molar-refractivity contribution in [1.82, 2.24) is 10.2 Å². The Bertz CT molecular complexity index is 2110. The molecule has 1 saturated heterocycles. The van der Waals surface area contributed by atoms with Crippen LogP contribution < -0.4 is 5.32 Å². The fourth-order valence-corrected chi connectivity index (χ4v) is 10.1. The number of aliphatic hydroxyl groups is 4. The van der Waals surface area contributed by atoms with Gasteiger partial charge in [-0.2, -0.15) is 0 Å². The highest BCUT2D eigenvalue weighted by atomic mass is 16.6. The van der Waals surface area contributed by atoms with E-state index in [9.17, 15) is 39.6 Å². The van der Waals surface area contributed by atoms with E-state index in [1.807, 2.05) is 25.1 Å². The molecular formula is C46H60N2O14. The van der Waals surface area contributed by atoms with Crippen LogP contribution >= 0.6 is 0 Å². The number of nitrogens with zero attached hydrogens (tertiary/aromatic N) is 1. The molecule has 1 aliphatic heterocycles. The number of alkyl carbamates (subject to hydrolysis) is 1. The van der Waals surface area contributed by atoms with Crippen LogP contribution in [0.4, 0.5) is 4.79 Å². The van der Waals surface area contributed by atoms with E-state index in [0.29, 0.717) is 12.1 Å². The predicted octanol–water partition coefficient (Wildman–Crippen LogP) is 3.32. The first-order valence-electron chi connectivity index (χ1n) is 20.8. The van der Waals surface area contributed by atoms with Gasteiger partial charge in [0.25, 0.3) is 0 Å². The average Bonchev–Trinajstić information content (AvgIpc) is 3.17. The summed E-state index contributed by atoms with van der Waals surface area (Å²) in [5.74, 6) is -5.38. The van der Waals surface area contributed by atoms with Crippen molar-refractivity contribution in [2.75, 3.05) is 20.7 Å². The Kier molecular flexibility index (Phi) is 12.7. The van der Waals surface area contributed by atoms with Crippen molar-refractivity contribution in [3.05, 3.63) is 82.4 Å². The fourth-order valence-electron chi connectivity index (χ4n) is 10.1. The molecule has 3 fully saturated rings. The Morgan fingerprint density at radius 1 is 1.00 bits per heavy atom. The molecule has 6 rings (SSSR count). The Morgan fingerprint density at radius 3 is 2.24 bits per heavy atom. The van der Waals surface area contributed by atoms with E-state index in [1.54, 1.807) is 71.0 Å². The van der Waals surface area contributed by atoms with Crippen LogP contribution in [0, 0.1) is 16.7 Å². The van der Waals surface area contributed by atoms with Gasteiger partial charge >= 0.3 is 24.0 Å². The lowest BCUT2D eigenvalue weighted by Gasteiger charge is -2.67. The quantitative estimate of drug-likeness (QED) is 0.131. The Balaban J connectivity index is 1.48. The number of fused-ring (bicyclic) bond motifs is 5. The number of ketones is 1. The number of carbonyl (C=O) groups excluding carboxylic acids is 5. The lowest BCUT2D eigenvalue weighted by Crippen LogP contribution is -2.81. The number of amides is 1. The van der Waals surface area contributed by atoms with Crippen molar-refractivity contribution in [2.45, 2.75) is 134 Å². The standard InChI is InChI=1S/C46H60N2O14/c1-24-29(59-40(55)35(52)33(47-41(56)62-42(3,4)5)28-18-14-15-26(19-28)22-48(9)10)21-46(57)38(60-39(54)27-16-12-11-13-17-27)36-44(8,37(53)34(51)32(24)43(46,6)7)30(50)20-31-45(36,23-58-31)61-25(2)49/h11-19,29-31,33-36,38,50-52,57H,20-23H2,1-10H3,(H,47,56)/t29-,30-,31+,33-,34+,35+,36-,38-,44+,45-,46+/m0/s1. The first-order chi connectivity index (χ1) is 28.8. The van der Waals surface area contributed by atoms with Crippen LogP contribution in [0.5, 0.6) is 0 Å². The largest absolute Gasteiger partial charge is 0.456 e. The molecule has 338 valence electrons. The Morgan fingerprint density at radius 2 is 1.66 bits per heavy atom. The second-order valence-corrected chi connectivity index (χ2v) is 19.1. The van der Waals surface area contributed by atoms with Crippen molar-refractivity contribution >= 4 is 29.8 Å². The Labute approximate surface area is 361 Å². The van der Waals surface area contributed by atoms with Gasteiger partial charge in [-0.1, -0.05) is 56.3 Å². The number of Topliss-reactive ketones (excluding diaryl/α,β-unsaturated/α-hetero) is 1.